The molecule has 1 N–H and O–H groups in total. The van der Waals surface area contributed by atoms with Gasteiger partial charge >= 0.3 is 11.9 Å². The van der Waals surface area contributed by atoms with Crippen molar-refractivity contribution in [1.82, 2.24) is 0 Å². The van der Waals surface area contributed by atoms with Crippen LogP contribution in [-0.2, 0) is 9.53 Å². The molecule has 0 heterocycles. The lowest BCUT2D eigenvalue weighted by Crippen LogP contribution is -2.30. The quantitative estimate of drug-likeness (QED) is 0.783. The summed E-state index contributed by atoms with van der Waals surface area (Å²) in [6, 6.07) is 4.49. The van der Waals surface area contributed by atoms with E-state index < -0.39 is 18.0 Å². The second-order valence-corrected chi connectivity index (χ2v) is 4.47. The van der Waals surface area contributed by atoms with Crippen LogP contribution < -0.4 is 4.74 Å². The predicted octanol–water partition coefficient (Wildman–Crippen LogP) is 3.15. The monoisotopic (exact) mass is 300 g/mol. The maximum atomic E-state index is 11.8. The van der Waals surface area contributed by atoms with E-state index in [4.69, 9.17) is 26.2 Å². The summed E-state index contributed by atoms with van der Waals surface area (Å²) in [6.45, 7) is 3.83. The molecular weight excluding hydrogens is 284 g/mol. The number of benzene rings is 1. The molecule has 0 fully saturated rings. The first-order valence-corrected chi connectivity index (χ1v) is 6.74. The Balaban J connectivity index is 3.02. The van der Waals surface area contributed by atoms with Gasteiger partial charge < -0.3 is 14.6 Å². The lowest BCUT2D eigenvalue weighted by molar-refractivity contribution is -0.151. The van der Waals surface area contributed by atoms with Gasteiger partial charge in [0.05, 0.1) is 11.6 Å². The van der Waals surface area contributed by atoms with E-state index in [9.17, 15) is 9.59 Å². The first kappa shape index (κ1) is 16.3. The van der Waals surface area contributed by atoms with Crippen LogP contribution in [0.5, 0.6) is 5.75 Å². The zero-order chi connectivity index (χ0) is 15.1. The molecule has 20 heavy (non-hydrogen) atoms. The summed E-state index contributed by atoms with van der Waals surface area (Å²) in [5, 5.41) is 9.21. The van der Waals surface area contributed by atoms with Gasteiger partial charge in [0.15, 0.2) is 6.10 Å². The van der Waals surface area contributed by atoms with Crippen LogP contribution in [0.1, 0.15) is 37.0 Å². The second kappa shape index (κ2) is 7.75. The number of rotatable bonds is 7. The minimum absolute atomic E-state index is 0.0640. The van der Waals surface area contributed by atoms with Crippen molar-refractivity contribution in [2.75, 3.05) is 6.61 Å². The molecule has 0 amide bonds. The Morgan fingerprint density at radius 1 is 1.35 bits per heavy atom. The number of hydrogen-bond donors (Lipinski definition) is 1. The first-order valence-electron chi connectivity index (χ1n) is 6.36. The first-order chi connectivity index (χ1) is 9.51. The lowest BCUT2D eigenvalue weighted by Gasteiger charge is -2.18. The van der Waals surface area contributed by atoms with Crippen LogP contribution in [0.15, 0.2) is 18.2 Å². The van der Waals surface area contributed by atoms with Gasteiger partial charge in [-0.3, -0.25) is 0 Å². The van der Waals surface area contributed by atoms with Crippen LogP contribution >= 0.6 is 11.6 Å². The van der Waals surface area contributed by atoms with Crippen molar-refractivity contribution < 1.29 is 24.2 Å². The smallest absolute Gasteiger partial charge is 0.347 e. The number of hydrogen-bond acceptors (Lipinski definition) is 4. The molecule has 0 radical (unpaired) electrons. The highest BCUT2D eigenvalue weighted by Crippen LogP contribution is 2.28. The molecule has 5 nitrogen and oxygen atoms in total. The highest BCUT2D eigenvalue weighted by Gasteiger charge is 2.24. The topological polar surface area (TPSA) is 72.8 Å². The molecule has 110 valence electrons. The van der Waals surface area contributed by atoms with Gasteiger partial charge in [-0.15, -0.1) is 0 Å². The molecule has 0 aliphatic rings. The second-order valence-electron chi connectivity index (χ2n) is 4.07. The van der Waals surface area contributed by atoms with Gasteiger partial charge in [0.1, 0.15) is 11.3 Å². The standard InChI is InChI=1S/C14H17ClO5/c1-3-6-11(14(18)19-4-2)20-10-8-5-7-9(15)12(10)13(16)17/h5,7-8,11H,3-4,6H2,1-2H3,(H,16,17). The Kier molecular flexibility index (Phi) is 6.31. The van der Waals surface area contributed by atoms with Gasteiger partial charge in [-0.2, -0.15) is 0 Å². The lowest BCUT2D eigenvalue weighted by atomic mass is 10.1. The predicted molar refractivity (Wildman–Crippen MR) is 74.4 cm³/mol. The Hall–Kier alpha value is -1.75. The minimum Gasteiger partial charge on any atom is -0.478 e. The van der Waals surface area contributed by atoms with Gasteiger partial charge in [0.25, 0.3) is 0 Å². The average molecular weight is 301 g/mol. The van der Waals surface area contributed by atoms with E-state index >= 15 is 0 Å². The van der Waals surface area contributed by atoms with E-state index in [0.29, 0.717) is 12.8 Å². The third kappa shape index (κ3) is 4.13. The largest absolute Gasteiger partial charge is 0.478 e. The summed E-state index contributed by atoms with van der Waals surface area (Å²) in [7, 11) is 0. The van der Waals surface area contributed by atoms with Crippen molar-refractivity contribution in [3.8, 4) is 5.75 Å². The van der Waals surface area contributed by atoms with Crippen LogP contribution in [0.4, 0.5) is 0 Å². The minimum atomic E-state index is -1.20. The summed E-state index contributed by atoms with van der Waals surface area (Å²) in [5.74, 6) is -1.65. The number of carbonyl (C=O) groups is 2. The van der Waals surface area contributed by atoms with Gasteiger partial charge in [-0.25, -0.2) is 9.59 Å². The molecule has 1 aromatic carbocycles. The number of halogens is 1. The molecule has 1 unspecified atom stereocenters. The van der Waals surface area contributed by atoms with E-state index in [1.54, 1.807) is 13.0 Å². The zero-order valence-electron chi connectivity index (χ0n) is 11.4. The molecule has 0 saturated carbocycles. The summed E-state index contributed by atoms with van der Waals surface area (Å²) in [6.07, 6.45) is 0.299. The molecule has 0 aromatic heterocycles. The Bertz CT molecular complexity index is 486. The number of carbonyl (C=O) groups excluding carboxylic acids is 1. The molecule has 0 saturated heterocycles. The molecule has 1 rings (SSSR count). The van der Waals surface area contributed by atoms with Crippen molar-refractivity contribution >= 4 is 23.5 Å². The van der Waals surface area contributed by atoms with Crippen molar-refractivity contribution in [3.63, 3.8) is 0 Å². The maximum Gasteiger partial charge on any atom is 0.347 e. The molecule has 6 heteroatoms. The maximum absolute atomic E-state index is 11.8. The van der Waals surface area contributed by atoms with E-state index in [2.05, 4.69) is 0 Å². The number of aromatic carboxylic acids is 1. The molecule has 0 spiro atoms. The molecule has 0 aliphatic carbocycles. The van der Waals surface area contributed by atoms with Crippen LogP contribution in [0, 0.1) is 0 Å². The third-order valence-corrected chi connectivity index (χ3v) is 2.87. The van der Waals surface area contributed by atoms with E-state index in [-0.39, 0.29) is 22.9 Å². The SMILES string of the molecule is CCCC(Oc1cccc(Cl)c1C(=O)O)C(=O)OCC. The van der Waals surface area contributed by atoms with Crippen LogP contribution in [-0.4, -0.2) is 29.8 Å². The number of carboxylic acid groups (broad SMARTS) is 1. The van der Waals surface area contributed by atoms with E-state index in [1.807, 2.05) is 6.92 Å². The summed E-state index contributed by atoms with van der Waals surface area (Å²) < 4.78 is 10.4. The number of carboxylic acids is 1. The summed E-state index contributed by atoms with van der Waals surface area (Å²) >= 11 is 5.85. The summed E-state index contributed by atoms with van der Waals surface area (Å²) in [5.41, 5.74) is -0.153. The van der Waals surface area contributed by atoms with E-state index in [1.165, 1.54) is 12.1 Å². The molecule has 0 aliphatic heterocycles. The van der Waals surface area contributed by atoms with Gasteiger partial charge in [0.2, 0.25) is 0 Å². The van der Waals surface area contributed by atoms with Gasteiger partial charge in [0, 0.05) is 0 Å². The Morgan fingerprint density at radius 3 is 2.60 bits per heavy atom. The fourth-order valence-electron chi connectivity index (χ4n) is 1.69. The third-order valence-electron chi connectivity index (χ3n) is 2.56. The molecule has 1 aromatic rings. The zero-order valence-corrected chi connectivity index (χ0v) is 12.1. The highest BCUT2D eigenvalue weighted by molar-refractivity contribution is 6.33. The van der Waals surface area contributed by atoms with Gasteiger partial charge in [-0.05, 0) is 25.5 Å². The fraction of sp³-hybridized carbons (Fsp3) is 0.429. The van der Waals surface area contributed by atoms with Crippen LogP contribution in [0.3, 0.4) is 0 Å². The van der Waals surface area contributed by atoms with Crippen molar-refractivity contribution in [1.29, 1.82) is 0 Å². The number of ether oxygens (including phenoxy) is 2. The average Bonchev–Trinajstić information content (AvgIpc) is 2.38. The molecular formula is C14H17ClO5. The normalized spacial score (nSPS) is 11.8. The Morgan fingerprint density at radius 2 is 2.05 bits per heavy atom. The van der Waals surface area contributed by atoms with E-state index in [0.717, 1.165) is 0 Å². The van der Waals surface area contributed by atoms with Crippen molar-refractivity contribution in [2.45, 2.75) is 32.8 Å². The van der Waals surface area contributed by atoms with Crippen LogP contribution in [0.25, 0.3) is 0 Å². The Labute approximate surface area is 122 Å². The molecule has 0 bridgehead atoms. The van der Waals surface area contributed by atoms with Crippen LogP contribution in [0.2, 0.25) is 5.02 Å². The van der Waals surface area contributed by atoms with Crippen molar-refractivity contribution in [2.24, 2.45) is 0 Å². The highest BCUT2D eigenvalue weighted by atomic mass is 35.5. The van der Waals surface area contributed by atoms with Crippen molar-refractivity contribution in [3.05, 3.63) is 28.8 Å². The number of esters is 1. The summed E-state index contributed by atoms with van der Waals surface area (Å²) in [4.78, 5) is 23.0. The fourth-order valence-corrected chi connectivity index (χ4v) is 1.93. The van der Waals surface area contributed by atoms with Gasteiger partial charge in [-0.1, -0.05) is 31.0 Å². The molecule has 1 atom stereocenters.